The molecule has 0 saturated carbocycles. The fourth-order valence-electron chi connectivity index (χ4n) is 0.898. The van der Waals surface area contributed by atoms with Crippen LogP contribution in [0, 0.1) is 20.2 Å². The van der Waals surface area contributed by atoms with E-state index in [2.05, 4.69) is 0 Å². The molecule has 1 rings (SSSR count). The number of rotatable bonds is 3. The number of benzene rings is 1. The van der Waals surface area contributed by atoms with Gasteiger partial charge >= 0.3 is 5.69 Å². The number of non-ortho nitro benzene ring substituents is 1. The van der Waals surface area contributed by atoms with Gasteiger partial charge < -0.3 is 4.55 Å². The smallest absolute Gasteiger partial charge is 0.332 e. The summed E-state index contributed by atoms with van der Waals surface area (Å²) in [5, 5.41) is 20.8. The zero-order valence-electron chi connectivity index (χ0n) is 6.95. The van der Waals surface area contributed by atoms with Crippen LogP contribution in [0.3, 0.4) is 0 Å². The Morgan fingerprint density at radius 3 is 2.20 bits per heavy atom. The van der Waals surface area contributed by atoms with Crippen LogP contribution in [0.2, 0.25) is 0 Å². The lowest BCUT2D eigenvalue weighted by molar-refractivity contribution is -0.396. The molecule has 0 aliphatic rings. The minimum Gasteiger partial charge on any atom is -0.594 e. The van der Waals surface area contributed by atoms with Crippen LogP contribution < -0.4 is 0 Å². The van der Waals surface area contributed by atoms with Crippen LogP contribution in [-0.4, -0.2) is 14.4 Å². The molecule has 0 N–H and O–H groups in total. The number of nitro groups is 2. The van der Waals surface area contributed by atoms with Crippen LogP contribution in [0.15, 0.2) is 23.1 Å². The maximum atomic E-state index is 10.9. The summed E-state index contributed by atoms with van der Waals surface area (Å²) in [5.74, 6) is 0. The van der Waals surface area contributed by atoms with Crippen molar-refractivity contribution in [3.05, 3.63) is 38.4 Å². The molecule has 0 radical (unpaired) electrons. The second-order valence-electron chi connectivity index (χ2n) is 2.39. The van der Waals surface area contributed by atoms with Crippen molar-refractivity contribution in [1.29, 1.82) is 0 Å². The predicted molar refractivity (Wildman–Crippen MR) is 52.0 cm³/mol. The summed E-state index contributed by atoms with van der Waals surface area (Å²) < 4.78 is 10.9. The second-order valence-corrected chi connectivity index (χ2v) is 4.12. The highest BCUT2D eigenvalue weighted by Gasteiger charge is 2.27. The van der Waals surface area contributed by atoms with Gasteiger partial charge in [0.05, 0.1) is 15.9 Å². The zero-order chi connectivity index (χ0) is 11.6. The largest absolute Gasteiger partial charge is 0.594 e. The third-order valence-electron chi connectivity index (χ3n) is 1.52. The molecule has 0 amide bonds. The van der Waals surface area contributed by atoms with Crippen LogP contribution in [0.4, 0.5) is 11.4 Å². The third-order valence-corrected chi connectivity index (χ3v) is 2.71. The summed E-state index contributed by atoms with van der Waals surface area (Å²) in [7, 11) is 3.11. The normalized spacial score (nSPS) is 12.1. The first-order valence-corrected chi connectivity index (χ1v) is 5.42. The summed E-state index contributed by atoms with van der Waals surface area (Å²) >= 11 is 0. The highest BCUT2D eigenvalue weighted by Crippen LogP contribution is 2.30. The number of halogens is 1. The molecule has 0 aliphatic heterocycles. The number of hydrogen-bond acceptors (Lipinski definition) is 5. The molecule has 15 heavy (non-hydrogen) atoms. The molecule has 0 bridgehead atoms. The molecule has 9 heteroatoms. The van der Waals surface area contributed by atoms with E-state index in [4.69, 9.17) is 10.7 Å². The lowest BCUT2D eigenvalue weighted by Crippen LogP contribution is -2.00. The SMILES string of the molecule is O=[N+]([O-])c1ccc([S+]([O-])Cl)c([N+](=O)[O-])c1. The molecule has 0 heterocycles. The van der Waals surface area contributed by atoms with Crippen molar-refractivity contribution >= 4 is 32.4 Å². The van der Waals surface area contributed by atoms with E-state index in [0.717, 1.165) is 18.2 Å². The van der Waals surface area contributed by atoms with E-state index in [1.54, 1.807) is 0 Å². The Balaban J connectivity index is 3.33. The Morgan fingerprint density at radius 2 is 1.80 bits per heavy atom. The molecule has 7 nitrogen and oxygen atoms in total. The van der Waals surface area contributed by atoms with Crippen molar-refractivity contribution in [3.8, 4) is 0 Å². The molecule has 1 unspecified atom stereocenters. The highest BCUT2D eigenvalue weighted by atomic mass is 35.7. The van der Waals surface area contributed by atoms with Crippen molar-refractivity contribution in [2.24, 2.45) is 0 Å². The van der Waals surface area contributed by atoms with Gasteiger partial charge in [-0.3, -0.25) is 20.2 Å². The third kappa shape index (κ3) is 2.55. The summed E-state index contributed by atoms with van der Waals surface area (Å²) in [6, 6.07) is 2.72. The van der Waals surface area contributed by atoms with Gasteiger partial charge in [-0.1, -0.05) is 0 Å². The van der Waals surface area contributed by atoms with Gasteiger partial charge in [-0.2, -0.15) is 0 Å². The van der Waals surface area contributed by atoms with E-state index >= 15 is 0 Å². The quantitative estimate of drug-likeness (QED) is 0.461. The molecule has 80 valence electrons. The topological polar surface area (TPSA) is 109 Å². The predicted octanol–water partition coefficient (Wildman–Crippen LogP) is 1.76. The van der Waals surface area contributed by atoms with Gasteiger partial charge in [0.1, 0.15) is 10.4 Å². The molecule has 1 aromatic rings. The fourth-order valence-corrected chi connectivity index (χ4v) is 1.76. The lowest BCUT2D eigenvalue weighted by Gasteiger charge is -2.00. The van der Waals surface area contributed by atoms with E-state index in [1.165, 1.54) is 0 Å². The van der Waals surface area contributed by atoms with Crippen molar-refractivity contribution in [1.82, 2.24) is 0 Å². The summed E-state index contributed by atoms with van der Waals surface area (Å²) in [4.78, 5) is 18.9. The fraction of sp³-hybridized carbons (Fsp3) is 0. The standard InChI is InChI=1S/C6H3ClN2O5S/c7-15(14)6-2-1-4(8(10)11)3-5(6)9(12)13/h1-3H. The van der Waals surface area contributed by atoms with Gasteiger partial charge in [0, 0.05) is 12.1 Å². The van der Waals surface area contributed by atoms with Gasteiger partial charge in [-0.15, -0.1) is 0 Å². The first-order valence-electron chi connectivity index (χ1n) is 3.44. The van der Waals surface area contributed by atoms with Crippen LogP contribution >= 0.6 is 10.7 Å². The monoisotopic (exact) mass is 250 g/mol. The van der Waals surface area contributed by atoms with Crippen molar-refractivity contribution in [3.63, 3.8) is 0 Å². The van der Waals surface area contributed by atoms with Gasteiger partial charge in [0.15, 0.2) is 10.7 Å². The maximum Gasteiger partial charge on any atom is 0.332 e. The minimum absolute atomic E-state index is 0.257. The first kappa shape index (κ1) is 11.7. The van der Waals surface area contributed by atoms with Crippen molar-refractivity contribution in [2.45, 2.75) is 4.90 Å². The van der Waals surface area contributed by atoms with E-state index in [9.17, 15) is 24.8 Å². The van der Waals surface area contributed by atoms with Crippen LogP contribution in [0.5, 0.6) is 0 Å². The summed E-state index contributed by atoms with van der Waals surface area (Å²) in [6.07, 6.45) is 0. The van der Waals surface area contributed by atoms with Crippen LogP contribution in [0.1, 0.15) is 0 Å². The Kier molecular flexibility index (Phi) is 3.45. The van der Waals surface area contributed by atoms with Crippen LogP contribution in [0.25, 0.3) is 0 Å². The molecule has 0 spiro atoms. The zero-order valence-corrected chi connectivity index (χ0v) is 8.53. The molecular weight excluding hydrogens is 248 g/mol. The van der Waals surface area contributed by atoms with E-state index in [0.29, 0.717) is 0 Å². The van der Waals surface area contributed by atoms with E-state index < -0.39 is 31.6 Å². The second kappa shape index (κ2) is 4.43. The van der Waals surface area contributed by atoms with Crippen LogP contribution in [-0.2, 0) is 10.4 Å². The molecule has 0 fully saturated rings. The molecule has 1 atom stereocenters. The van der Waals surface area contributed by atoms with Gasteiger partial charge in [0.25, 0.3) is 5.69 Å². The maximum absolute atomic E-state index is 10.9. The average Bonchev–Trinajstić information content (AvgIpc) is 2.16. The molecule has 0 saturated heterocycles. The van der Waals surface area contributed by atoms with Gasteiger partial charge in [0.2, 0.25) is 4.90 Å². The lowest BCUT2D eigenvalue weighted by atomic mass is 10.3. The van der Waals surface area contributed by atoms with Crippen molar-refractivity contribution in [2.75, 3.05) is 0 Å². The molecule has 0 aromatic heterocycles. The Morgan fingerprint density at radius 1 is 1.20 bits per heavy atom. The summed E-state index contributed by atoms with van der Waals surface area (Å²) in [5.41, 5.74) is -1.08. The Hall–Kier alpha value is -1.38. The number of nitrogens with zero attached hydrogens (tertiary/aromatic N) is 2. The highest BCUT2D eigenvalue weighted by molar-refractivity contribution is 8.13. The molecule has 1 aromatic carbocycles. The Bertz CT molecular complexity index is 424. The van der Waals surface area contributed by atoms with E-state index in [1.807, 2.05) is 0 Å². The Labute approximate surface area is 90.6 Å². The number of nitro benzene ring substituents is 2. The molecular formula is C6H3ClN2O5S. The van der Waals surface area contributed by atoms with Crippen molar-refractivity contribution < 1.29 is 14.4 Å². The molecule has 0 aliphatic carbocycles. The number of hydrogen-bond donors (Lipinski definition) is 0. The average molecular weight is 251 g/mol. The minimum atomic E-state index is -2.07. The van der Waals surface area contributed by atoms with E-state index in [-0.39, 0.29) is 4.90 Å². The van der Waals surface area contributed by atoms with Gasteiger partial charge in [-0.25, -0.2) is 0 Å². The van der Waals surface area contributed by atoms with Gasteiger partial charge in [-0.05, 0) is 0 Å². The first-order chi connectivity index (χ1) is 6.93. The summed E-state index contributed by atoms with van der Waals surface area (Å²) in [6.45, 7) is 0.